The highest BCUT2D eigenvalue weighted by molar-refractivity contribution is 4.96. The normalized spacial score (nSPS) is 13.8. The van der Waals surface area contributed by atoms with Gasteiger partial charge >= 0.3 is 0 Å². The molecule has 0 aliphatic heterocycles. The topological polar surface area (TPSA) is 0 Å². The van der Waals surface area contributed by atoms with E-state index in [1.54, 1.807) is 0 Å². The lowest BCUT2D eigenvalue weighted by molar-refractivity contribution is 0.522. The van der Waals surface area contributed by atoms with Crippen molar-refractivity contribution in [2.24, 2.45) is 5.92 Å². The predicted molar refractivity (Wildman–Crippen MR) is 48.0 cm³/mol. The third kappa shape index (κ3) is 5.61. The van der Waals surface area contributed by atoms with Gasteiger partial charge in [0.25, 0.3) is 0 Å². The maximum atomic E-state index is 3.61. The lowest BCUT2D eigenvalue weighted by Gasteiger charge is -2.03. The average Bonchev–Trinajstić information content (AvgIpc) is 1.98. The highest BCUT2D eigenvalue weighted by Crippen LogP contribution is 2.09. The van der Waals surface area contributed by atoms with E-state index in [0.717, 1.165) is 5.92 Å². The van der Waals surface area contributed by atoms with Gasteiger partial charge in [0.1, 0.15) is 0 Å². The van der Waals surface area contributed by atoms with Gasteiger partial charge < -0.3 is 0 Å². The van der Waals surface area contributed by atoms with Crippen molar-refractivity contribution in [2.75, 3.05) is 0 Å². The zero-order valence-corrected chi connectivity index (χ0v) is 7.14. The molecule has 0 heteroatoms. The van der Waals surface area contributed by atoms with Crippen LogP contribution in [-0.4, -0.2) is 0 Å². The van der Waals surface area contributed by atoms with Crippen molar-refractivity contribution in [3.63, 3.8) is 0 Å². The quantitative estimate of drug-likeness (QED) is 0.510. The van der Waals surface area contributed by atoms with Gasteiger partial charge in [0, 0.05) is 0 Å². The van der Waals surface area contributed by atoms with E-state index in [0.29, 0.717) is 0 Å². The van der Waals surface area contributed by atoms with Crippen LogP contribution in [0.25, 0.3) is 0 Å². The van der Waals surface area contributed by atoms with Gasteiger partial charge in [-0.3, -0.25) is 0 Å². The molecule has 0 aliphatic rings. The molecular formula is C10H18. The lowest BCUT2D eigenvalue weighted by Crippen LogP contribution is -1.89. The van der Waals surface area contributed by atoms with Crippen LogP contribution in [-0.2, 0) is 0 Å². The van der Waals surface area contributed by atoms with Crippen LogP contribution >= 0.6 is 0 Å². The number of rotatable bonds is 5. The Morgan fingerprint density at radius 1 is 1.50 bits per heavy atom. The fraction of sp³-hybridized carbons (Fsp3) is 0.600. The Balaban J connectivity index is 3.18. The fourth-order valence-corrected chi connectivity index (χ4v) is 0.777. The van der Waals surface area contributed by atoms with E-state index >= 15 is 0 Å². The predicted octanol–water partition coefficient (Wildman–Crippen LogP) is 3.55. The smallest absolute Gasteiger partial charge is 0.0345 e. The van der Waals surface area contributed by atoms with Crippen molar-refractivity contribution in [3.8, 4) is 0 Å². The largest absolute Gasteiger partial charge is 0.0991 e. The van der Waals surface area contributed by atoms with Crippen molar-refractivity contribution in [1.82, 2.24) is 0 Å². The Morgan fingerprint density at radius 2 is 2.20 bits per heavy atom. The monoisotopic (exact) mass is 138 g/mol. The van der Waals surface area contributed by atoms with E-state index < -0.39 is 0 Å². The van der Waals surface area contributed by atoms with E-state index in [1.807, 2.05) is 12.2 Å². The SMILES string of the molecule is C=CC=CCCC(C)CC. The third-order valence-electron chi connectivity index (χ3n) is 1.80. The summed E-state index contributed by atoms with van der Waals surface area (Å²) >= 11 is 0. The molecule has 0 saturated heterocycles. The minimum atomic E-state index is 0.870. The molecule has 0 radical (unpaired) electrons. The van der Waals surface area contributed by atoms with Crippen molar-refractivity contribution in [3.05, 3.63) is 24.8 Å². The zero-order valence-electron chi connectivity index (χ0n) is 7.14. The van der Waals surface area contributed by atoms with Gasteiger partial charge in [0.2, 0.25) is 0 Å². The molecule has 0 nitrogen and oxygen atoms in total. The first-order valence-corrected chi connectivity index (χ1v) is 4.08. The van der Waals surface area contributed by atoms with Crippen LogP contribution in [0.1, 0.15) is 33.1 Å². The molecule has 58 valence electrons. The van der Waals surface area contributed by atoms with Gasteiger partial charge in [-0.2, -0.15) is 0 Å². The molecule has 0 aromatic carbocycles. The second-order valence-corrected chi connectivity index (χ2v) is 2.75. The third-order valence-corrected chi connectivity index (χ3v) is 1.80. The summed E-state index contributed by atoms with van der Waals surface area (Å²) in [6.07, 6.45) is 9.82. The maximum absolute atomic E-state index is 3.61. The first-order chi connectivity index (χ1) is 4.81. The molecule has 0 N–H and O–H groups in total. The lowest BCUT2D eigenvalue weighted by atomic mass is 10.0. The summed E-state index contributed by atoms with van der Waals surface area (Å²) < 4.78 is 0. The van der Waals surface area contributed by atoms with Crippen LogP contribution in [0, 0.1) is 5.92 Å². The van der Waals surface area contributed by atoms with Crippen molar-refractivity contribution in [2.45, 2.75) is 33.1 Å². The second-order valence-electron chi connectivity index (χ2n) is 2.75. The molecule has 0 saturated carbocycles. The summed E-state index contributed by atoms with van der Waals surface area (Å²) in [5.41, 5.74) is 0. The maximum Gasteiger partial charge on any atom is -0.0345 e. The van der Waals surface area contributed by atoms with E-state index in [9.17, 15) is 0 Å². The van der Waals surface area contributed by atoms with E-state index in [2.05, 4.69) is 26.5 Å². The number of allylic oxidation sites excluding steroid dienone is 3. The minimum absolute atomic E-state index is 0.870. The van der Waals surface area contributed by atoms with Crippen LogP contribution in [0.15, 0.2) is 24.8 Å². The summed E-state index contributed by atoms with van der Waals surface area (Å²) in [5, 5.41) is 0. The molecule has 10 heavy (non-hydrogen) atoms. The summed E-state index contributed by atoms with van der Waals surface area (Å²) in [6.45, 7) is 8.14. The zero-order chi connectivity index (χ0) is 7.82. The Kier molecular flexibility index (Phi) is 6.25. The van der Waals surface area contributed by atoms with E-state index in [4.69, 9.17) is 0 Å². The van der Waals surface area contributed by atoms with Gasteiger partial charge in [-0.15, -0.1) is 0 Å². The summed E-state index contributed by atoms with van der Waals surface area (Å²) in [4.78, 5) is 0. The molecule has 1 atom stereocenters. The Morgan fingerprint density at radius 3 is 2.70 bits per heavy atom. The molecule has 0 rings (SSSR count). The molecule has 0 aromatic rings. The fourth-order valence-electron chi connectivity index (χ4n) is 0.777. The first-order valence-electron chi connectivity index (χ1n) is 4.08. The molecule has 1 unspecified atom stereocenters. The average molecular weight is 138 g/mol. The number of hydrogen-bond acceptors (Lipinski definition) is 0. The Hall–Kier alpha value is -0.520. The molecule has 0 spiro atoms. The highest BCUT2D eigenvalue weighted by Gasteiger charge is 1.94. The van der Waals surface area contributed by atoms with Gasteiger partial charge in [0.05, 0.1) is 0 Å². The molecular weight excluding hydrogens is 120 g/mol. The molecule has 0 heterocycles. The minimum Gasteiger partial charge on any atom is -0.0991 e. The van der Waals surface area contributed by atoms with Gasteiger partial charge in [0.15, 0.2) is 0 Å². The van der Waals surface area contributed by atoms with Crippen LogP contribution < -0.4 is 0 Å². The van der Waals surface area contributed by atoms with Crippen LogP contribution in [0.5, 0.6) is 0 Å². The summed E-state index contributed by atoms with van der Waals surface area (Å²) in [7, 11) is 0. The second kappa shape index (κ2) is 6.60. The van der Waals surface area contributed by atoms with Crippen molar-refractivity contribution < 1.29 is 0 Å². The molecule has 0 amide bonds. The molecule has 0 aliphatic carbocycles. The van der Waals surface area contributed by atoms with Crippen LogP contribution in [0.3, 0.4) is 0 Å². The number of hydrogen-bond donors (Lipinski definition) is 0. The van der Waals surface area contributed by atoms with E-state index in [-0.39, 0.29) is 0 Å². The standard InChI is InChI=1S/C10H18/c1-4-6-7-8-9-10(3)5-2/h4,6-7,10H,1,5,8-9H2,2-3H3. The summed E-state index contributed by atoms with van der Waals surface area (Å²) in [6, 6.07) is 0. The van der Waals surface area contributed by atoms with Crippen molar-refractivity contribution >= 4 is 0 Å². The van der Waals surface area contributed by atoms with Crippen molar-refractivity contribution in [1.29, 1.82) is 0 Å². The highest BCUT2D eigenvalue weighted by atomic mass is 14.0. The van der Waals surface area contributed by atoms with Gasteiger partial charge in [-0.1, -0.05) is 45.1 Å². The molecule has 0 fully saturated rings. The van der Waals surface area contributed by atoms with Crippen LogP contribution in [0.4, 0.5) is 0 Å². The van der Waals surface area contributed by atoms with E-state index in [1.165, 1.54) is 19.3 Å². The van der Waals surface area contributed by atoms with Crippen LogP contribution in [0.2, 0.25) is 0 Å². The summed E-state index contributed by atoms with van der Waals surface area (Å²) in [5.74, 6) is 0.870. The Labute approximate surface area is 64.6 Å². The molecule has 0 bridgehead atoms. The van der Waals surface area contributed by atoms with Gasteiger partial charge in [-0.05, 0) is 18.8 Å². The Bertz CT molecular complexity index is 101. The molecule has 0 aromatic heterocycles. The van der Waals surface area contributed by atoms with Gasteiger partial charge in [-0.25, -0.2) is 0 Å². The first kappa shape index (κ1) is 9.48.